The maximum absolute atomic E-state index is 5.96. The molecule has 3 rings (SSSR count). The second-order valence-corrected chi connectivity index (χ2v) is 6.77. The fourth-order valence-electron chi connectivity index (χ4n) is 2.35. The topological polar surface area (TPSA) is 24.1 Å². The van der Waals surface area contributed by atoms with Crippen LogP contribution >= 0.6 is 23.4 Å². The summed E-state index contributed by atoms with van der Waals surface area (Å²) in [6.07, 6.45) is 0. The van der Waals surface area contributed by atoms with E-state index in [1.165, 1.54) is 16.0 Å². The summed E-state index contributed by atoms with van der Waals surface area (Å²) in [5.41, 5.74) is 9.19. The highest BCUT2D eigenvalue weighted by atomic mass is 35.5. The Morgan fingerprint density at radius 3 is 2.45 bits per heavy atom. The number of thioether (sulfide) groups is 1. The summed E-state index contributed by atoms with van der Waals surface area (Å²) in [5, 5.41) is 1.25. The highest BCUT2D eigenvalue weighted by Crippen LogP contribution is 2.34. The molecule has 2 unspecified atom stereocenters. The predicted octanol–water partition coefficient (Wildman–Crippen LogP) is 3.96. The van der Waals surface area contributed by atoms with Gasteiger partial charge in [-0.05, 0) is 36.8 Å². The smallest absolute Gasteiger partial charge is 0.0597 e. The molecule has 20 heavy (non-hydrogen) atoms. The molecule has 1 saturated heterocycles. The Kier molecular flexibility index (Phi) is 4.32. The highest BCUT2D eigenvalue weighted by Gasteiger charge is 2.28. The quantitative estimate of drug-likeness (QED) is 0.897. The van der Waals surface area contributed by atoms with Crippen molar-refractivity contribution in [3.63, 3.8) is 0 Å². The van der Waals surface area contributed by atoms with Gasteiger partial charge in [0.1, 0.15) is 0 Å². The zero-order valence-corrected chi connectivity index (χ0v) is 12.8. The minimum absolute atomic E-state index is 0.304. The Morgan fingerprint density at radius 2 is 1.75 bits per heavy atom. The SMILES string of the molecule is Cc1ccc(SC2CNNC2c2ccc(Cl)cc2)cc1. The summed E-state index contributed by atoms with van der Waals surface area (Å²) in [5.74, 6) is 0. The van der Waals surface area contributed by atoms with Crippen LogP contribution in [0, 0.1) is 6.92 Å². The van der Waals surface area contributed by atoms with Gasteiger partial charge in [-0.3, -0.25) is 5.43 Å². The predicted molar refractivity (Wildman–Crippen MR) is 86.2 cm³/mol. The molecule has 0 amide bonds. The van der Waals surface area contributed by atoms with E-state index in [1.807, 2.05) is 23.9 Å². The number of hydrogen-bond acceptors (Lipinski definition) is 3. The lowest BCUT2D eigenvalue weighted by Gasteiger charge is -2.18. The van der Waals surface area contributed by atoms with Crippen molar-refractivity contribution in [3.05, 3.63) is 64.7 Å². The fourth-order valence-corrected chi connectivity index (χ4v) is 3.65. The Bertz CT molecular complexity index is 568. The van der Waals surface area contributed by atoms with Gasteiger partial charge in [0.2, 0.25) is 0 Å². The Morgan fingerprint density at radius 1 is 1.05 bits per heavy atom. The molecule has 0 bridgehead atoms. The molecule has 0 radical (unpaired) electrons. The molecule has 104 valence electrons. The number of nitrogens with one attached hydrogen (secondary N) is 2. The fraction of sp³-hybridized carbons (Fsp3) is 0.250. The van der Waals surface area contributed by atoms with Gasteiger partial charge in [-0.1, -0.05) is 41.4 Å². The second-order valence-electron chi connectivity index (χ2n) is 5.02. The van der Waals surface area contributed by atoms with Gasteiger partial charge >= 0.3 is 0 Å². The lowest BCUT2D eigenvalue weighted by Crippen LogP contribution is -2.25. The van der Waals surface area contributed by atoms with Crippen LogP contribution in [-0.2, 0) is 0 Å². The summed E-state index contributed by atoms with van der Waals surface area (Å²) < 4.78 is 0. The molecule has 1 aliphatic rings. The van der Waals surface area contributed by atoms with Gasteiger partial charge in [-0.15, -0.1) is 11.8 Å². The maximum atomic E-state index is 5.96. The molecular weight excluding hydrogens is 288 g/mol. The van der Waals surface area contributed by atoms with E-state index in [4.69, 9.17) is 11.6 Å². The lowest BCUT2D eigenvalue weighted by atomic mass is 10.1. The zero-order valence-electron chi connectivity index (χ0n) is 11.3. The van der Waals surface area contributed by atoms with Crippen molar-refractivity contribution in [2.24, 2.45) is 0 Å². The minimum atomic E-state index is 0.304. The van der Waals surface area contributed by atoms with Crippen LogP contribution in [0.3, 0.4) is 0 Å². The van der Waals surface area contributed by atoms with Gasteiger partial charge in [0, 0.05) is 21.7 Å². The van der Waals surface area contributed by atoms with Crippen molar-refractivity contribution in [1.29, 1.82) is 0 Å². The molecule has 2 aromatic carbocycles. The summed E-state index contributed by atoms with van der Waals surface area (Å²) in [4.78, 5) is 1.31. The van der Waals surface area contributed by atoms with Crippen LogP contribution in [0.15, 0.2) is 53.4 Å². The molecule has 1 heterocycles. The molecule has 2 nitrogen and oxygen atoms in total. The molecule has 2 aromatic rings. The van der Waals surface area contributed by atoms with E-state index in [0.29, 0.717) is 11.3 Å². The first-order chi connectivity index (χ1) is 9.72. The van der Waals surface area contributed by atoms with Crippen LogP contribution in [0.1, 0.15) is 17.2 Å². The standard InChI is InChI=1S/C16H17ClN2S/c1-11-2-8-14(9-3-11)20-15-10-18-19-16(15)12-4-6-13(17)7-5-12/h2-9,15-16,18-19H,10H2,1H3. The first-order valence-corrected chi connectivity index (χ1v) is 7.95. The molecule has 2 N–H and O–H groups in total. The van der Waals surface area contributed by atoms with Crippen LogP contribution in [0.4, 0.5) is 0 Å². The van der Waals surface area contributed by atoms with Crippen molar-refractivity contribution in [2.75, 3.05) is 6.54 Å². The zero-order chi connectivity index (χ0) is 13.9. The van der Waals surface area contributed by atoms with Crippen LogP contribution < -0.4 is 10.9 Å². The summed E-state index contributed by atoms with van der Waals surface area (Å²) in [7, 11) is 0. The van der Waals surface area contributed by atoms with E-state index in [0.717, 1.165) is 11.6 Å². The molecule has 0 aliphatic carbocycles. The van der Waals surface area contributed by atoms with Gasteiger partial charge in [0.15, 0.2) is 0 Å². The molecule has 2 atom stereocenters. The molecule has 0 saturated carbocycles. The first-order valence-electron chi connectivity index (χ1n) is 6.69. The Labute approximate surface area is 128 Å². The van der Waals surface area contributed by atoms with E-state index in [-0.39, 0.29) is 0 Å². The number of rotatable bonds is 3. The number of hydrazine groups is 1. The van der Waals surface area contributed by atoms with E-state index in [1.54, 1.807) is 0 Å². The average Bonchev–Trinajstić information content (AvgIpc) is 2.90. The van der Waals surface area contributed by atoms with Crippen molar-refractivity contribution < 1.29 is 0 Å². The molecule has 1 fully saturated rings. The monoisotopic (exact) mass is 304 g/mol. The second kappa shape index (κ2) is 6.19. The van der Waals surface area contributed by atoms with Gasteiger partial charge in [-0.2, -0.15) is 0 Å². The van der Waals surface area contributed by atoms with Gasteiger partial charge < -0.3 is 0 Å². The van der Waals surface area contributed by atoms with Crippen molar-refractivity contribution in [1.82, 2.24) is 10.9 Å². The third-order valence-corrected chi connectivity index (χ3v) is 5.01. The van der Waals surface area contributed by atoms with Gasteiger partial charge in [0.25, 0.3) is 0 Å². The van der Waals surface area contributed by atoms with Gasteiger partial charge in [-0.25, -0.2) is 5.43 Å². The Balaban J connectivity index is 1.75. The Hall–Kier alpha value is -1.00. The van der Waals surface area contributed by atoms with Crippen LogP contribution in [0.5, 0.6) is 0 Å². The molecule has 0 aromatic heterocycles. The number of hydrogen-bond donors (Lipinski definition) is 2. The van der Waals surface area contributed by atoms with Crippen molar-refractivity contribution >= 4 is 23.4 Å². The van der Waals surface area contributed by atoms with Crippen molar-refractivity contribution in [2.45, 2.75) is 23.1 Å². The minimum Gasteiger partial charge on any atom is -0.256 e. The third-order valence-electron chi connectivity index (χ3n) is 3.47. The molecular formula is C16H17ClN2S. The number of aryl methyl sites for hydroxylation is 1. The van der Waals surface area contributed by atoms with Crippen LogP contribution in [0.2, 0.25) is 5.02 Å². The molecule has 4 heteroatoms. The largest absolute Gasteiger partial charge is 0.256 e. The van der Waals surface area contributed by atoms with E-state index in [2.05, 4.69) is 54.2 Å². The number of benzene rings is 2. The summed E-state index contributed by atoms with van der Waals surface area (Å²) >= 11 is 7.87. The average molecular weight is 305 g/mol. The first kappa shape index (κ1) is 14.0. The van der Waals surface area contributed by atoms with Crippen LogP contribution in [-0.4, -0.2) is 11.8 Å². The highest BCUT2D eigenvalue weighted by molar-refractivity contribution is 8.00. The molecule has 0 spiro atoms. The third kappa shape index (κ3) is 3.18. The summed E-state index contributed by atoms with van der Waals surface area (Å²) in [6, 6.07) is 17.1. The number of halogens is 1. The molecule has 1 aliphatic heterocycles. The maximum Gasteiger partial charge on any atom is 0.0597 e. The van der Waals surface area contributed by atoms with Gasteiger partial charge in [0.05, 0.1) is 6.04 Å². The lowest BCUT2D eigenvalue weighted by molar-refractivity contribution is 0.584. The van der Waals surface area contributed by atoms with E-state index < -0.39 is 0 Å². The van der Waals surface area contributed by atoms with Crippen molar-refractivity contribution in [3.8, 4) is 0 Å². The summed E-state index contributed by atoms with van der Waals surface area (Å²) in [6.45, 7) is 3.06. The van der Waals surface area contributed by atoms with Crippen LogP contribution in [0.25, 0.3) is 0 Å². The normalized spacial score (nSPS) is 22.1. The van der Waals surface area contributed by atoms with E-state index >= 15 is 0 Å². The van der Waals surface area contributed by atoms with E-state index in [9.17, 15) is 0 Å².